The van der Waals surface area contributed by atoms with Crippen LogP contribution in [0.5, 0.6) is 0 Å². The molecule has 0 saturated heterocycles. The zero-order chi connectivity index (χ0) is 15.4. The lowest BCUT2D eigenvalue weighted by molar-refractivity contribution is -0.129. The molecule has 112 valence electrons. The number of rotatable bonds is 5. The quantitative estimate of drug-likeness (QED) is 0.857. The van der Waals surface area contributed by atoms with Gasteiger partial charge in [-0.1, -0.05) is 0 Å². The number of aromatic amines is 1. The number of thiophene rings is 1. The number of H-pyrrole nitrogens is 1. The van der Waals surface area contributed by atoms with E-state index in [4.69, 9.17) is 0 Å². The predicted octanol–water partition coefficient (Wildman–Crippen LogP) is 0.871. The molecule has 0 bridgehead atoms. The van der Waals surface area contributed by atoms with Crippen molar-refractivity contribution >= 4 is 23.2 Å². The van der Waals surface area contributed by atoms with Gasteiger partial charge in [0.1, 0.15) is 5.82 Å². The molecule has 0 radical (unpaired) electrons. The molecule has 0 aliphatic heterocycles. The first-order valence-corrected chi connectivity index (χ1v) is 7.24. The average Bonchev–Trinajstić information content (AvgIpc) is 3.04. The van der Waals surface area contributed by atoms with Gasteiger partial charge in [0.05, 0.1) is 18.0 Å². The van der Waals surface area contributed by atoms with Gasteiger partial charge < -0.3 is 10.2 Å². The van der Waals surface area contributed by atoms with E-state index < -0.39 is 0 Å². The Balaban J connectivity index is 1.82. The summed E-state index contributed by atoms with van der Waals surface area (Å²) in [4.78, 5) is 31.1. The SMILES string of the molecule is Cc1nc(CN(C)C(=O)CNC(=O)c2ccc(C)s2)n[nH]1. The molecule has 2 N–H and O–H groups in total. The van der Waals surface area contributed by atoms with Gasteiger partial charge in [0, 0.05) is 11.9 Å². The van der Waals surface area contributed by atoms with Gasteiger partial charge in [0.15, 0.2) is 5.82 Å². The van der Waals surface area contributed by atoms with Crippen LogP contribution in [0.1, 0.15) is 26.2 Å². The molecule has 0 atom stereocenters. The third-order valence-electron chi connectivity index (χ3n) is 2.81. The molecule has 0 fully saturated rings. The number of hydrogen-bond donors (Lipinski definition) is 2. The third-order valence-corrected chi connectivity index (χ3v) is 3.81. The second-order valence-corrected chi connectivity index (χ2v) is 5.97. The fraction of sp³-hybridized carbons (Fsp3) is 0.385. The normalized spacial score (nSPS) is 10.4. The van der Waals surface area contributed by atoms with Crippen molar-refractivity contribution in [2.45, 2.75) is 20.4 Å². The van der Waals surface area contributed by atoms with Gasteiger partial charge in [-0.3, -0.25) is 14.7 Å². The standard InChI is InChI=1S/C13H17N5O2S/c1-8-4-5-10(21-8)13(20)14-6-12(19)18(3)7-11-15-9(2)16-17-11/h4-5H,6-7H2,1-3H3,(H,14,20)(H,15,16,17). The lowest BCUT2D eigenvalue weighted by atomic mass is 10.4. The van der Waals surface area contributed by atoms with E-state index in [1.807, 2.05) is 13.0 Å². The van der Waals surface area contributed by atoms with E-state index in [0.717, 1.165) is 4.88 Å². The van der Waals surface area contributed by atoms with Gasteiger partial charge in [-0.25, -0.2) is 4.98 Å². The molecule has 0 unspecified atom stereocenters. The molecule has 8 heteroatoms. The van der Waals surface area contributed by atoms with Crippen molar-refractivity contribution in [1.29, 1.82) is 0 Å². The molecule has 2 aromatic rings. The molecule has 2 aromatic heterocycles. The minimum absolute atomic E-state index is 0.0459. The van der Waals surface area contributed by atoms with Crippen molar-refractivity contribution in [2.24, 2.45) is 0 Å². The van der Waals surface area contributed by atoms with Crippen LogP contribution in [-0.4, -0.2) is 45.5 Å². The maximum atomic E-state index is 11.9. The number of carbonyl (C=O) groups is 2. The number of carbonyl (C=O) groups excluding carboxylic acids is 2. The maximum absolute atomic E-state index is 11.9. The number of nitrogens with one attached hydrogen (secondary N) is 2. The summed E-state index contributed by atoms with van der Waals surface area (Å²) < 4.78 is 0. The van der Waals surface area contributed by atoms with Crippen LogP contribution in [0.2, 0.25) is 0 Å². The zero-order valence-electron chi connectivity index (χ0n) is 12.1. The Hall–Kier alpha value is -2.22. The topological polar surface area (TPSA) is 91.0 Å². The Morgan fingerprint density at radius 2 is 2.14 bits per heavy atom. The Morgan fingerprint density at radius 1 is 1.38 bits per heavy atom. The second-order valence-electron chi connectivity index (χ2n) is 4.68. The van der Waals surface area contributed by atoms with Gasteiger partial charge in [-0.15, -0.1) is 11.3 Å². The fourth-order valence-electron chi connectivity index (χ4n) is 1.69. The first-order chi connectivity index (χ1) is 9.95. The van der Waals surface area contributed by atoms with Crippen LogP contribution in [0.25, 0.3) is 0 Å². The van der Waals surface area contributed by atoms with Gasteiger partial charge in [0.25, 0.3) is 5.91 Å². The monoisotopic (exact) mass is 307 g/mol. The maximum Gasteiger partial charge on any atom is 0.261 e. The second kappa shape index (κ2) is 6.49. The summed E-state index contributed by atoms with van der Waals surface area (Å²) in [6, 6.07) is 3.62. The third kappa shape index (κ3) is 4.12. The van der Waals surface area contributed by atoms with Gasteiger partial charge in [-0.2, -0.15) is 5.10 Å². The van der Waals surface area contributed by atoms with E-state index in [-0.39, 0.29) is 18.4 Å². The van der Waals surface area contributed by atoms with E-state index in [1.165, 1.54) is 16.2 Å². The molecule has 0 aliphatic carbocycles. The van der Waals surface area contributed by atoms with Gasteiger partial charge >= 0.3 is 0 Å². The van der Waals surface area contributed by atoms with Crippen LogP contribution in [0.3, 0.4) is 0 Å². The highest BCUT2D eigenvalue weighted by Gasteiger charge is 2.14. The molecule has 0 aromatic carbocycles. The van der Waals surface area contributed by atoms with Crippen LogP contribution >= 0.6 is 11.3 Å². The Bertz CT molecular complexity index is 649. The molecule has 0 aliphatic rings. The number of hydrogen-bond acceptors (Lipinski definition) is 5. The molecular weight excluding hydrogens is 290 g/mol. The van der Waals surface area contributed by atoms with E-state index >= 15 is 0 Å². The van der Waals surface area contributed by atoms with E-state index in [1.54, 1.807) is 20.0 Å². The van der Waals surface area contributed by atoms with Crippen LogP contribution < -0.4 is 5.32 Å². The Morgan fingerprint density at radius 3 is 2.71 bits per heavy atom. The van der Waals surface area contributed by atoms with Crippen molar-refractivity contribution in [1.82, 2.24) is 25.4 Å². The van der Waals surface area contributed by atoms with Crippen LogP contribution in [0.4, 0.5) is 0 Å². The van der Waals surface area contributed by atoms with Crippen molar-refractivity contribution in [2.75, 3.05) is 13.6 Å². The van der Waals surface area contributed by atoms with Crippen molar-refractivity contribution < 1.29 is 9.59 Å². The van der Waals surface area contributed by atoms with Crippen molar-refractivity contribution in [3.8, 4) is 0 Å². The highest BCUT2D eigenvalue weighted by molar-refractivity contribution is 7.13. The number of aromatic nitrogens is 3. The lowest BCUT2D eigenvalue weighted by Gasteiger charge is -2.15. The average molecular weight is 307 g/mol. The summed E-state index contributed by atoms with van der Waals surface area (Å²) in [7, 11) is 1.65. The molecule has 7 nitrogen and oxygen atoms in total. The summed E-state index contributed by atoms with van der Waals surface area (Å²) >= 11 is 1.40. The molecule has 0 spiro atoms. The number of amides is 2. The van der Waals surface area contributed by atoms with Crippen molar-refractivity contribution in [3.05, 3.63) is 33.5 Å². The van der Waals surface area contributed by atoms with E-state index in [9.17, 15) is 9.59 Å². The minimum atomic E-state index is -0.233. The molecular formula is C13H17N5O2S. The highest BCUT2D eigenvalue weighted by Crippen LogP contribution is 2.14. The summed E-state index contributed by atoms with van der Waals surface area (Å²) in [5.41, 5.74) is 0. The zero-order valence-corrected chi connectivity index (χ0v) is 13.0. The summed E-state index contributed by atoms with van der Waals surface area (Å²) in [6.45, 7) is 3.98. The summed E-state index contributed by atoms with van der Waals surface area (Å²) in [5.74, 6) is 0.818. The van der Waals surface area contributed by atoms with E-state index in [0.29, 0.717) is 23.1 Å². The number of nitrogens with zero attached hydrogens (tertiary/aromatic N) is 3. The highest BCUT2D eigenvalue weighted by atomic mass is 32.1. The number of aryl methyl sites for hydroxylation is 2. The van der Waals surface area contributed by atoms with Crippen molar-refractivity contribution in [3.63, 3.8) is 0 Å². The Labute approximate surface area is 126 Å². The van der Waals surface area contributed by atoms with Gasteiger partial charge in [0.2, 0.25) is 5.91 Å². The van der Waals surface area contributed by atoms with Crippen LogP contribution in [0.15, 0.2) is 12.1 Å². The first-order valence-electron chi connectivity index (χ1n) is 6.42. The molecule has 2 heterocycles. The smallest absolute Gasteiger partial charge is 0.261 e. The predicted molar refractivity (Wildman–Crippen MR) is 79.0 cm³/mol. The first kappa shape index (κ1) is 15.2. The summed E-state index contributed by atoms with van der Waals surface area (Å²) in [5, 5.41) is 9.30. The number of likely N-dealkylation sites (N-methyl/N-ethyl adjacent to an activating group) is 1. The molecule has 21 heavy (non-hydrogen) atoms. The molecule has 2 amide bonds. The van der Waals surface area contributed by atoms with Crippen LogP contribution in [-0.2, 0) is 11.3 Å². The fourth-order valence-corrected chi connectivity index (χ4v) is 2.48. The largest absolute Gasteiger partial charge is 0.342 e. The summed E-state index contributed by atoms with van der Waals surface area (Å²) in [6.07, 6.45) is 0. The Kier molecular flexibility index (Phi) is 4.69. The lowest BCUT2D eigenvalue weighted by Crippen LogP contribution is -2.37. The van der Waals surface area contributed by atoms with E-state index in [2.05, 4.69) is 20.5 Å². The minimum Gasteiger partial charge on any atom is -0.342 e. The van der Waals surface area contributed by atoms with Crippen LogP contribution in [0, 0.1) is 13.8 Å². The van der Waals surface area contributed by atoms with Gasteiger partial charge in [-0.05, 0) is 26.0 Å². The molecule has 0 saturated carbocycles. The molecule has 2 rings (SSSR count).